The number of esters is 6. The highest BCUT2D eigenvalue weighted by atomic mass is 16.6. The molecule has 258 valence electrons. The van der Waals surface area contributed by atoms with Crippen LogP contribution in [0.5, 0.6) is 0 Å². The Morgan fingerprint density at radius 2 is 1.05 bits per heavy atom. The first kappa shape index (κ1) is 43.7. The maximum Gasteiger partial charge on any atom is 0.346 e. The predicted molar refractivity (Wildman–Crippen MR) is 168 cm³/mol. The number of hydrogen-bond donors (Lipinski definition) is 0. The molecule has 0 aliphatic carbocycles. The molecule has 44 heavy (non-hydrogen) atoms. The third-order valence-electron chi connectivity index (χ3n) is 5.32. The van der Waals surface area contributed by atoms with E-state index >= 15 is 0 Å². The molecule has 0 radical (unpaired) electrons. The number of cyclic esters (lactones) is 6. The molecule has 2 aromatic rings. The fourth-order valence-electron chi connectivity index (χ4n) is 3.39. The average Bonchev–Trinajstić information content (AvgIpc) is 3.78. The van der Waals surface area contributed by atoms with Gasteiger partial charge in [-0.25, -0.2) is 24.0 Å². The monoisotopic (exact) mass is 640 g/mol. The Bertz CT molecular complexity index is 1230. The number of carbonyl (C=O) groups is 6. The van der Waals surface area contributed by atoms with E-state index in [9.17, 15) is 28.8 Å². The van der Waals surface area contributed by atoms with E-state index in [1.165, 1.54) is 12.8 Å². The van der Waals surface area contributed by atoms with Crippen LogP contribution in [0.15, 0.2) is 60.7 Å². The first-order valence-electron chi connectivity index (χ1n) is 12.1. The van der Waals surface area contributed by atoms with Gasteiger partial charge in [-0.05, 0) is 37.5 Å². The summed E-state index contributed by atoms with van der Waals surface area (Å²) in [6.07, 6.45) is 6.27. The molecule has 2 fully saturated rings. The third kappa shape index (κ3) is 13.9. The van der Waals surface area contributed by atoms with Crippen LogP contribution in [0, 0.1) is 0 Å². The quantitative estimate of drug-likeness (QED) is 0.228. The molecule has 0 spiro atoms. The fraction of sp³-hybridized carbons (Fsp3) is 0.310. The zero-order valence-corrected chi connectivity index (χ0v) is 22.9. The van der Waals surface area contributed by atoms with Crippen LogP contribution in [0.25, 0.3) is 0 Å². The Kier molecular flexibility index (Phi) is 22.6. The van der Waals surface area contributed by atoms with Gasteiger partial charge in [0.25, 0.3) is 0 Å². The van der Waals surface area contributed by atoms with Crippen molar-refractivity contribution in [2.75, 3.05) is 19.8 Å². The molecule has 2 aromatic carbocycles. The van der Waals surface area contributed by atoms with Gasteiger partial charge in [0.2, 0.25) is 0 Å². The molecule has 5 aliphatic rings. The topological polar surface area (TPSA) is 275 Å². The van der Waals surface area contributed by atoms with Gasteiger partial charge in [-0.1, -0.05) is 37.8 Å². The molecule has 8 N–H and O–H groups in total. The Morgan fingerprint density at radius 1 is 0.545 bits per heavy atom. The largest absolute Gasteiger partial charge is 0.466 e. The molecule has 15 heteroatoms. The Labute approximate surface area is 263 Å². The molecule has 5 aliphatic heterocycles. The van der Waals surface area contributed by atoms with Crippen LogP contribution in [0.2, 0.25) is 0 Å². The van der Waals surface area contributed by atoms with Crippen molar-refractivity contribution in [1.82, 2.24) is 0 Å². The second kappa shape index (κ2) is 22.8. The van der Waals surface area contributed by atoms with Crippen molar-refractivity contribution in [3.05, 3.63) is 82.9 Å². The van der Waals surface area contributed by atoms with Crippen LogP contribution in [-0.4, -0.2) is 77.5 Å². The van der Waals surface area contributed by atoms with Gasteiger partial charge in [0, 0.05) is 47.3 Å². The second-order valence-electron chi connectivity index (χ2n) is 8.17. The molecule has 7 rings (SSSR count). The molecule has 0 atom stereocenters. The minimum atomic E-state index is -0.579. The summed E-state index contributed by atoms with van der Waals surface area (Å²) in [7, 11) is 0. The number of hydrogen-bond acceptors (Lipinski definition) is 11. The van der Waals surface area contributed by atoms with E-state index in [1.54, 1.807) is 30.3 Å². The van der Waals surface area contributed by atoms with Crippen molar-refractivity contribution < 1.29 is 84.3 Å². The highest BCUT2D eigenvalue weighted by molar-refractivity contribution is 6.14. The molecule has 0 bridgehead atoms. The van der Waals surface area contributed by atoms with Crippen LogP contribution >= 0.6 is 0 Å². The third-order valence-corrected chi connectivity index (χ3v) is 5.32. The fourth-order valence-corrected chi connectivity index (χ4v) is 3.39. The lowest BCUT2D eigenvalue weighted by molar-refractivity contribution is -0.150. The van der Waals surface area contributed by atoms with Crippen LogP contribution in [-0.2, 0) is 44.7 Å². The van der Waals surface area contributed by atoms with Gasteiger partial charge in [-0.15, -0.1) is 0 Å². The lowest BCUT2D eigenvalue weighted by Gasteiger charge is -1.87. The maximum absolute atomic E-state index is 10.8. The first-order chi connectivity index (χ1) is 18.8. The van der Waals surface area contributed by atoms with Crippen molar-refractivity contribution in [3.8, 4) is 0 Å². The molecule has 15 nitrogen and oxygen atoms in total. The Balaban J connectivity index is -0.0000000497. The molecule has 5 heterocycles. The zero-order valence-electron chi connectivity index (χ0n) is 22.9. The standard InChI is InChI=1S/C8H4O3.C8H6O2.C4H2O3.C4H6O2.C4H8O.CH4.4H2O.7H2/c9-7-5-3-1-2-4-6(5)8(10)11-7;9-8-7-4-2-1-3-6(7)5-10-8;5-3-1-2-4(6)7-3;5-4-2-1-3-6-4;1-2-4-5-3-1;;;;;;;;;;;;/h1-4H;1-4H,5H2;1-2H;1-3H2;1-4H2;1H4;4*1H2;7*1H. The molecule has 0 amide bonds. The zero-order chi connectivity index (χ0) is 28.0. The van der Waals surface area contributed by atoms with Gasteiger partial charge in [0.05, 0.1) is 23.3 Å². The molecule has 2 saturated heterocycles. The van der Waals surface area contributed by atoms with Crippen LogP contribution < -0.4 is 0 Å². The minimum Gasteiger partial charge on any atom is -0.466 e. The molecule has 0 unspecified atom stereocenters. The first-order valence-corrected chi connectivity index (χ1v) is 12.1. The normalized spacial score (nSPS) is 15.4. The van der Waals surface area contributed by atoms with Crippen molar-refractivity contribution >= 4 is 35.8 Å². The summed E-state index contributed by atoms with van der Waals surface area (Å²) >= 11 is 0. The number of fused-ring (bicyclic) bond motifs is 2. The summed E-state index contributed by atoms with van der Waals surface area (Å²) in [6, 6.07) is 14.0. The lowest BCUT2D eigenvalue weighted by atomic mass is 10.1. The van der Waals surface area contributed by atoms with Gasteiger partial charge in [-0.3, -0.25) is 4.79 Å². The average molecular weight is 641 g/mol. The van der Waals surface area contributed by atoms with Crippen LogP contribution in [0.4, 0.5) is 0 Å². The Hall–Kier alpha value is -4.80. The van der Waals surface area contributed by atoms with E-state index in [-0.39, 0.29) is 51.3 Å². The second-order valence-corrected chi connectivity index (χ2v) is 8.17. The number of rotatable bonds is 0. The maximum atomic E-state index is 10.8. The van der Waals surface area contributed by atoms with Crippen LogP contribution in [0.1, 0.15) is 79.7 Å². The summed E-state index contributed by atoms with van der Waals surface area (Å²) in [4.78, 5) is 62.4. The van der Waals surface area contributed by atoms with Gasteiger partial charge in [0.1, 0.15) is 6.61 Å². The van der Waals surface area contributed by atoms with Gasteiger partial charge >= 0.3 is 35.8 Å². The van der Waals surface area contributed by atoms with E-state index in [0.717, 1.165) is 37.4 Å². The van der Waals surface area contributed by atoms with Crippen molar-refractivity contribution in [2.45, 2.75) is 39.7 Å². The molecular weight excluding hydrogens is 588 g/mol. The summed E-state index contributed by atoms with van der Waals surface area (Å²) in [5.41, 5.74) is 2.42. The van der Waals surface area contributed by atoms with Crippen molar-refractivity contribution in [2.24, 2.45) is 0 Å². The van der Waals surface area contributed by atoms with E-state index in [0.29, 0.717) is 36.3 Å². The Morgan fingerprint density at radius 3 is 1.39 bits per heavy atom. The SMILES string of the molecule is C.C1CCOC1.O.O.O.O.O=C1C=CC(=O)O1.O=C1CCCO1.O=C1OC(=O)c2ccccc21.O=C1OCc2ccccc21.[HH].[HH].[HH].[HH].[HH].[HH].[HH]. The highest BCUT2D eigenvalue weighted by Crippen LogP contribution is 2.19. The highest BCUT2D eigenvalue weighted by Gasteiger charge is 2.28. The predicted octanol–water partition coefficient (Wildman–Crippen LogP) is 2.16. The molecule has 0 saturated carbocycles. The van der Waals surface area contributed by atoms with Crippen molar-refractivity contribution in [3.63, 3.8) is 0 Å². The van der Waals surface area contributed by atoms with E-state index in [2.05, 4.69) is 14.2 Å². The smallest absolute Gasteiger partial charge is 0.346 e. The summed E-state index contributed by atoms with van der Waals surface area (Å²) < 4.78 is 22.6. The minimum absolute atomic E-state index is 0. The molecular formula is C29H52O15. The molecule has 0 aromatic heterocycles. The summed E-state index contributed by atoms with van der Waals surface area (Å²) in [6.45, 7) is 3.08. The van der Waals surface area contributed by atoms with E-state index in [4.69, 9.17) is 9.47 Å². The number of benzene rings is 2. The van der Waals surface area contributed by atoms with E-state index < -0.39 is 23.9 Å². The van der Waals surface area contributed by atoms with Gasteiger partial charge in [-0.2, -0.15) is 0 Å². The van der Waals surface area contributed by atoms with Gasteiger partial charge < -0.3 is 45.6 Å². The lowest BCUT2D eigenvalue weighted by Crippen LogP contribution is -1.96. The number of ether oxygens (including phenoxy) is 5. The summed E-state index contributed by atoms with van der Waals surface area (Å²) in [5, 5.41) is 0. The summed E-state index contributed by atoms with van der Waals surface area (Å²) in [5.74, 6) is -2.50. The number of carbonyl (C=O) groups excluding carboxylic acids is 6. The van der Waals surface area contributed by atoms with E-state index in [1.807, 2.05) is 18.2 Å². The van der Waals surface area contributed by atoms with Crippen molar-refractivity contribution in [1.29, 1.82) is 0 Å². The van der Waals surface area contributed by atoms with Crippen LogP contribution in [0.3, 0.4) is 0 Å². The van der Waals surface area contributed by atoms with Gasteiger partial charge in [0.15, 0.2) is 0 Å².